The molecule has 2 heteroatoms. The summed E-state index contributed by atoms with van der Waals surface area (Å²) in [5.74, 6) is 0. The van der Waals surface area contributed by atoms with Gasteiger partial charge in [0.2, 0.25) is 11.4 Å². The maximum absolute atomic E-state index is 6.42. The molecule has 4 aromatic carbocycles. The van der Waals surface area contributed by atoms with Gasteiger partial charge in [0.1, 0.15) is 5.69 Å². The summed E-state index contributed by atoms with van der Waals surface area (Å²) < 4.78 is 2.21. The summed E-state index contributed by atoms with van der Waals surface area (Å²) >= 11 is 0. The molecule has 0 bridgehead atoms. The Bertz CT molecular complexity index is 1310. The lowest BCUT2D eigenvalue weighted by Crippen LogP contribution is -2.34. The molecule has 0 spiro atoms. The van der Waals surface area contributed by atoms with Gasteiger partial charge in [-0.3, -0.25) is 0 Å². The molecule has 0 unspecified atom stereocenters. The van der Waals surface area contributed by atoms with Gasteiger partial charge in [-0.1, -0.05) is 91.0 Å². The molecular weight excluding hydrogens is 376 g/mol. The van der Waals surface area contributed by atoms with Crippen LogP contribution in [0.4, 0.5) is 5.69 Å². The lowest BCUT2D eigenvalue weighted by atomic mass is 9.94. The predicted molar refractivity (Wildman–Crippen MR) is 129 cm³/mol. The van der Waals surface area contributed by atoms with Gasteiger partial charge < -0.3 is 5.73 Å². The van der Waals surface area contributed by atoms with Gasteiger partial charge in [-0.2, -0.15) is 4.57 Å². The van der Waals surface area contributed by atoms with Crippen molar-refractivity contribution in [2.45, 2.75) is 0 Å². The second kappa shape index (κ2) is 8.29. The molecule has 0 radical (unpaired) electrons. The summed E-state index contributed by atoms with van der Waals surface area (Å²) in [6, 6.07) is 41.8. The number of nitrogen functional groups attached to an aromatic ring is 1. The number of nitrogens with zero attached hydrogens (tertiary/aromatic N) is 1. The van der Waals surface area contributed by atoms with Crippen LogP contribution in [0.25, 0.3) is 39.2 Å². The Hall–Kier alpha value is -4.17. The SMILES string of the molecule is Nc1ccccc1-[n+]1cc(-c2ccccc2)c(-c2ccccc2)cc1-c1ccccc1. The molecule has 0 aliphatic rings. The highest BCUT2D eigenvalue weighted by Crippen LogP contribution is 2.34. The molecule has 0 atom stereocenters. The maximum Gasteiger partial charge on any atom is 0.234 e. The molecule has 0 saturated heterocycles. The van der Waals surface area contributed by atoms with Crippen LogP contribution in [0.5, 0.6) is 0 Å². The second-order valence-electron chi connectivity index (χ2n) is 7.51. The van der Waals surface area contributed by atoms with Crippen LogP contribution in [0.2, 0.25) is 0 Å². The van der Waals surface area contributed by atoms with E-state index in [1.165, 1.54) is 16.7 Å². The number of para-hydroxylation sites is 2. The first-order chi connectivity index (χ1) is 15.3. The number of anilines is 1. The largest absolute Gasteiger partial charge is 0.393 e. The summed E-state index contributed by atoms with van der Waals surface area (Å²) in [5.41, 5.74) is 15.1. The fourth-order valence-electron chi connectivity index (χ4n) is 3.99. The molecular formula is C29H23N2+. The topological polar surface area (TPSA) is 29.9 Å². The van der Waals surface area contributed by atoms with E-state index in [4.69, 9.17) is 5.73 Å². The minimum atomic E-state index is 0.746. The standard InChI is InChI=1S/C29H23N2/c30-27-18-10-11-19-28(27)31-21-26(23-14-6-2-7-15-23)25(22-12-4-1-5-13-22)20-29(31)24-16-8-3-9-17-24/h1-21H,30H2/q+1. The van der Waals surface area contributed by atoms with E-state index in [-0.39, 0.29) is 0 Å². The van der Waals surface area contributed by atoms with Gasteiger partial charge in [0, 0.05) is 23.3 Å². The van der Waals surface area contributed by atoms with Crippen LogP contribution in [-0.4, -0.2) is 0 Å². The molecule has 0 saturated carbocycles. The van der Waals surface area contributed by atoms with Gasteiger partial charge in [0.05, 0.1) is 5.56 Å². The van der Waals surface area contributed by atoms with E-state index in [9.17, 15) is 0 Å². The van der Waals surface area contributed by atoms with Crippen LogP contribution >= 0.6 is 0 Å². The van der Waals surface area contributed by atoms with Gasteiger partial charge in [-0.05, 0) is 29.3 Å². The third kappa shape index (κ3) is 3.72. The molecule has 5 rings (SSSR count). The van der Waals surface area contributed by atoms with Crippen LogP contribution in [0.3, 0.4) is 0 Å². The highest BCUT2D eigenvalue weighted by atomic mass is 15.0. The summed E-state index contributed by atoms with van der Waals surface area (Å²) in [6.45, 7) is 0. The first-order valence-corrected chi connectivity index (χ1v) is 10.4. The number of nitrogens with two attached hydrogens (primary N) is 1. The van der Waals surface area contributed by atoms with E-state index in [1.54, 1.807) is 0 Å². The van der Waals surface area contributed by atoms with Crippen LogP contribution in [-0.2, 0) is 0 Å². The van der Waals surface area contributed by atoms with Gasteiger partial charge in [-0.25, -0.2) is 0 Å². The molecule has 2 N–H and O–H groups in total. The van der Waals surface area contributed by atoms with Crippen molar-refractivity contribution in [2.75, 3.05) is 5.73 Å². The zero-order valence-electron chi connectivity index (χ0n) is 17.1. The fraction of sp³-hybridized carbons (Fsp3) is 0. The third-order valence-electron chi connectivity index (χ3n) is 5.52. The van der Waals surface area contributed by atoms with E-state index in [1.807, 2.05) is 30.3 Å². The highest BCUT2D eigenvalue weighted by molar-refractivity contribution is 5.84. The van der Waals surface area contributed by atoms with Crippen LogP contribution in [0.1, 0.15) is 0 Å². The van der Waals surface area contributed by atoms with Crippen molar-refractivity contribution in [3.05, 3.63) is 128 Å². The first kappa shape index (κ1) is 18.8. The number of rotatable bonds is 4. The molecule has 31 heavy (non-hydrogen) atoms. The average molecular weight is 400 g/mol. The van der Waals surface area contributed by atoms with Crippen molar-refractivity contribution in [1.82, 2.24) is 0 Å². The Kier molecular flexibility index (Phi) is 5.04. The zero-order chi connectivity index (χ0) is 21.0. The first-order valence-electron chi connectivity index (χ1n) is 10.4. The number of pyridine rings is 1. The molecule has 0 aliphatic heterocycles. The van der Waals surface area contributed by atoms with E-state index in [2.05, 4.69) is 102 Å². The van der Waals surface area contributed by atoms with Gasteiger partial charge in [-0.15, -0.1) is 0 Å². The molecule has 148 valence electrons. The predicted octanol–water partition coefficient (Wildman–Crippen LogP) is 6.55. The molecule has 0 aliphatic carbocycles. The number of hydrogen-bond donors (Lipinski definition) is 1. The lowest BCUT2D eigenvalue weighted by Gasteiger charge is -2.13. The van der Waals surface area contributed by atoms with Crippen molar-refractivity contribution in [1.29, 1.82) is 0 Å². The van der Waals surface area contributed by atoms with E-state index < -0.39 is 0 Å². The molecule has 5 aromatic rings. The Morgan fingerprint density at radius 1 is 0.484 bits per heavy atom. The van der Waals surface area contributed by atoms with Gasteiger partial charge in [0.25, 0.3) is 0 Å². The van der Waals surface area contributed by atoms with Crippen molar-refractivity contribution < 1.29 is 4.57 Å². The summed E-state index contributed by atoms with van der Waals surface area (Å²) in [4.78, 5) is 0. The van der Waals surface area contributed by atoms with E-state index >= 15 is 0 Å². The molecule has 0 amide bonds. The van der Waals surface area contributed by atoms with E-state index in [0.717, 1.165) is 28.2 Å². The van der Waals surface area contributed by atoms with Crippen LogP contribution < -0.4 is 10.3 Å². The smallest absolute Gasteiger partial charge is 0.234 e. The monoisotopic (exact) mass is 399 g/mol. The lowest BCUT2D eigenvalue weighted by molar-refractivity contribution is -0.582. The Morgan fingerprint density at radius 3 is 1.55 bits per heavy atom. The van der Waals surface area contributed by atoms with Crippen LogP contribution in [0.15, 0.2) is 128 Å². The van der Waals surface area contributed by atoms with E-state index in [0.29, 0.717) is 0 Å². The van der Waals surface area contributed by atoms with Crippen molar-refractivity contribution >= 4 is 5.69 Å². The van der Waals surface area contributed by atoms with Crippen molar-refractivity contribution in [2.24, 2.45) is 0 Å². The second-order valence-corrected chi connectivity index (χ2v) is 7.51. The van der Waals surface area contributed by atoms with Crippen LogP contribution in [0, 0.1) is 0 Å². The quantitative estimate of drug-likeness (QED) is 0.270. The summed E-state index contributed by atoms with van der Waals surface area (Å²) in [7, 11) is 0. The normalized spacial score (nSPS) is 10.7. The molecule has 0 fully saturated rings. The third-order valence-corrected chi connectivity index (χ3v) is 5.52. The summed E-state index contributed by atoms with van der Waals surface area (Å²) in [6.07, 6.45) is 2.21. The number of aromatic nitrogens is 1. The van der Waals surface area contributed by atoms with Crippen molar-refractivity contribution in [3.8, 4) is 39.2 Å². The number of benzene rings is 4. The summed E-state index contributed by atoms with van der Waals surface area (Å²) in [5, 5.41) is 0. The Morgan fingerprint density at radius 2 is 0.968 bits per heavy atom. The van der Waals surface area contributed by atoms with Crippen molar-refractivity contribution in [3.63, 3.8) is 0 Å². The highest BCUT2D eigenvalue weighted by Gasteiger charge is 2.23. The Balaban J connectivity index is 1.87. The molecule has 1 aromatic heterocycles. The van der Waals surface area contributed by atoms with Gasteiger partial charge in [0.15, 0.2) is 6.20 Å². The minimum absolute atomic E-state index is 0.746. The zero-order valence-corrected chi connectivity index (χ0v) is 17.1. The fourth-order valence-corrected chi connectivity index (χ4v) is 3.99. The number of hydrogen-bond acceptors (Lipinski definition) is 1. The Labute approximate surface area is 182 Å². The maximum atomic E-state index is 6.42. The minimum Gasteiger partial charge on any atom is -0.393 e. The average Bonchev–Trinajstić information content (AvgIpc) is 2.85. The van der Waals surface area contributed by atoms with Gasteiger partial charge >= 0.3 is 0 Å². The molecule has 2 nitrogen and oxygen atoms in total. The molecule has 1 heterocycles.